The lowest BCUT2D eigenvalue weighted by molar-refractivity contribution is 0.0785. The van der Waals surface area contributed by atoms with Crippen molar-refractivity contribution in [2.45, 2.75) is 32.3 Å². The lowest BCUT2D eigenvalue weighted by Gasteiger charge is -2.26. The molecule has 2 atom stereocenters. The van der Waals surface area contributed by atoms with Gasteiger partial charge >= 0.3 is 0 Å². The summed E-state index contributed by atoms with van der Waals surface area (Å²) in [5.74, 6) is 0.644. The molecular weight excluding hydrogens is 112 g/mol. The molecule has 0 spiro atoms. The molecule has 0 amide bonds. The molecule has 0 fully saturated rings. The highest BCUT2D eigenvalue weighted by atomic mass is 16.3. The maximum Gasteiger partial charge on any atom is 0.0802 e. The Kier molecular flexibility index (Phi) is 1.62. The summed E-state index contributed by atoms with van der Waals surface area (Å²) in [4.78, 5) is 0. The summed E-state index contributed by atoms with van der Waals surface area (Å²) in [6.07, 6.45) is 5.99. The minimum atomic E-state index is -0.530. The quantitative estimate of drug-likeness (QED) is 0.490. The normalized spacial score (nSPS) is 43.2. The number of allylic oxidation sites excluding steroid dienone is 1. The smallest absolute Gasteiger partial charge is 0.0802 e. The summed E-state index contributed by atoms with van der Waals surface area (Å²) in [5.41, 5.74) is -0.530. The van der Waals surface area contributed by atoms with E-state index >= 15 is 0 Å². The summed E-state index contributed by atoms with van der Waals surface area (Å²) in [6, 6.07) is 0. The molecule has 1 nitrogen and oxygen atoms in total. The highest BCUT2D eigenvalue weighted by Crippen LogP contribution is 2.25. The van der Waals surface area contributed by atoms with E-state index < -0.39 is 5.60 Å². The standard InChI is InChI=1S/C8H14O/c1-7-4-3-5-8(2,9)6-7/h3,5,7,9H,4,6H2,1-2H3/t7-,8?/m1/s1. The van der Waals surface area contributed by atoms with Gasteiger partial charge in [0.1, 0.15) is 0 Å². The van der Waals surface area contributed by atoms with Crippen molar-refractivity contribution in [3.63, 3.8) is 0 Å². The monoisotopic (exact) mass is 126 g/mol. The summed E-state index contributed by atoms with van der Waals surface area (Å²) < 4.78 is 0. The second-order valence-electron chi connectivity index (χ2n) is 3.30. The van der Waals surface area contributed by atoms with Gasteiger partial charge in [0.15, 0.2) is 0 Å². The van der Waals surface area contributed by atoms with Crippen LogP contribution in [0.3, 0.4) is 0 Å². The third-order valence-electron chi connectivity index (χ3n) is 1.78. The van der Waals surface area contributed by atoms with Gasteiger partial charge in [0.2, 0.25) is 0 Å². The van der Waals surface area contributed by atoms with E-state index in [1.165, 1.54) is 0 Å². The maximum absolute atomic E-state index is 9.46. The van der Waals surface area contributed by atoms with E-state index in [1.807, 2.05) is 13.0 Å². The molecule has 1 unspecified atom stereocenters. The molecule has 9 heavy (non-hydrogen) atoms. The average molecular weight is 126 g/mol. The molecule has 1 aliphatic rings. The third kappa shape index (κ3) is 1.83. The Morgan fingerprint density at radius 3 is 2.67 bits per heavy atom. The Labute approximate surface area is 56.4 Å². The zero-order chi connectivity index (χ0) is 6.91. The molecule has 1 aliphatic carbocycles. The fraction of sp³-hybridized carbons (Fsp3) is 0.750. The Morgan fingerprint density at radius 1 is 1.67 bits per heavy atom. The summed E-state index contributed by atoms with van der Waals surface area (Å²) in [5, 5.41) is 9.46. The average Bonchev–Trinajstić information content (AvgIpc) is 1.60. The van der Waals surface area contributed by atoms with Crippen LogP contribution in [0.5, 0.6) is 0 Å². The molecule has 1 rings (SSSR count). The van der Waals surface area contributed by atoms with Gasteiger partial charge in [-0.3, -0.25) is 0 Å². The van der Waals surface area contributed by atoms with E-state index in [4.69, 9.17) is 0 Å². The van der Waals surface area contributed by atoms with Crippen LogP contribution in [-0.4, -0.2) is 10.7 Å². The zero-order valence-corrected chi connectivity index (χ0v) is 6.09. The predicted molar refractivity (Wildman–Crippen MR) is 38.2 cm³/mol. The number of hydrogen-bond acceptors (Lipinski definition) is 1. The lowest BCUT2D eigenvalue weighted by Crippen LogP contribution is -2.26. The minimum Gasteiger partial charge on any atom is -0.386 e. The van der Waals surface area contributed by atoms with Crippen molar-refractivity contribution in [3.8, 4) is 0 Å². The van der Waals surface area contributed by atoms with Crippen LogP contribution in [0.4, 0.5) is 0 Å². The molecule has 0 aromatic rings. The van der Waals surface area contributed by atoms with Crippen LogP contribution in [0.2, 0.25) is 0 Å². The summed E-state index contributed by atoms with van der Waals surface area (Å²) >= 11 is 0. The van der Waals surface area contributed by atoms with E-state index in [9.17, 15) is 5.11 Å². The zero-order valence-electron chi connectivity index (χ0n) is 6.09. The first-order valence-electron chi connectivity index (χ1n) is 3.50. The highest BCUT2D eigenvalue weighted by Gasteiger charge is 2.22. The molecule has 0 radical (unpaired) electrons. The van der Waals surface area contributed by atoms with E-state index in [0.29, 0.717) is 5.92 Å². The van der Waals surface area contributed by atoms with Gasteiger partial charge in [-0.25, -0.2) is 0 Å². The number of aliphatic hydroxyl groups is 1. The molecule has 1 heteroatoms. The summed E-state index contributed by atoms with van der Waals surface area (Å²) in [6.45, 7) is 4.02. The van der Waals surface area contributed by atoms with Crippen molar-refractivity contribution < 1.29 is 5.11 Å². The van der Waals surface area contributed by atoms with E-state index in [2.05, 4.69) is 13.0 Å². The van der Waals surface area contributed by atoms with Crippen molar-refractivity contribution in [2.24, 2.45) is 5.92 Å². The second kappa shape index (κ2) is 2.14. The molecule has 52 valence electrons. The van der Waals surface area contributed by atoms with Crippen LogP contribution in [-0.2, 0) is 0 Å². The van der Waals surface area contributed by atoms with Crippen molar-refractivity contribution in [2.75, 3.05) is 0 Å². The fourth-order valence-electron chi connectivity index (χ4n) is 1.41. The van der Waals surface area contributed by atoms with Crippen molar-refractivity contribution >= 4 is 0 Å². The first-order valence-corrected chi connectivity index (χ1v) is 3.50. The van der Waals surface area contributed by atoms with E-state index in [1.54, 1.807) is 0 Å². The van der Waals surface area contributed by atoms with Crippen LogP contribution in [0.15, 0.2) is 12.2 Å². The molecular formula is C8H14O. The van der Waals surface area contributed by atoms with Crippen molar-refractivity contribution in [3.05, 3.63) is 12.2 Å². The fourth-order valence-corrected chi connectivity index (χ4v) is 1.41. The van der Waals surface area contributed by atoms with Gasteiger partial charge < -0.3 is 5.11 Å². The highest BCUT2D eigenvalue weighted by molar-refractivity contribution is 5.03. The molecule has 0 saturated heterocycles. The van der Waals surface area contributed by atoms with Gasteiger partial charge in [0, 0.05) is 0 Å². The number of hydrogen-bond donors (Lipinski definition) is 1. The first kappa shape index (κ1) is 6.81. The van der Waals surface area contributed by atoms with Gasteiger partial charge in [-0.2, -0.15) is 0 Å². The molecule has 0 bridgehead atoms. The van der Waals surface area contributed by atoms with Gasteiger partial charge in [-0.05, 0) is 25.7 Å². The molecule has 0 aliphatic heterocycles. The summed E-state index contributed by atoms with van der Waals surface area (Å²) in [7, 11) is 0. The minimum absolute atomic E-state index is 0.530. The van der Waals surface area contributed by atoms with E-state index in [-0.39, 0.29) is 0 Å². The van der Waals surface area contributed by atoms with E-state index in [0.717, 1.165) is 12.8 Å². The molecule has 0 aromatic heterocycles. The third-order valence-corrected chi connectivity index (χ3v) is 1.78. The molecule has 0 aromatic carbocycles. The van der Waals surface area contributed by atoms with Gasteiger partial charge in [-0.15, -0.1) is 0 Å². The molecule has 1 N–H and O–H groups in total. The largest absolute Gasteiger partial charge is 0.386 e. The predicted octanol–water partition coefficient (Wildman–Crippen LogP) is 1.72. The Morgan fingerprint density at radius 2 is 2.33 bits per heavy atom. The molecule has 0 heterocycles. The Balaban J connectivity index is 2.60. The van der Waals surface area contributed by atoms with Crippen LogP contribution < -0.4 is 0 Å². The lowest BCUT2D eigenvalue weighted by atomic mass is 9.86. The molecule has 0 saturated carbocycles. The first-order chi connectivity index (χ1) is 4.10. The topological polar surface area (TPSA) is 20.2 Å². The van der Waals surface area contributed by atoms with Gasteiger partial charge in [0.25, 0.3) is 0 Å². The Hall–Kier alpha value is -0.300. The second-order valence-corrected chi connectivity index (χ2v) is 3.30. The van der Waals surface area contributed by atoms with Crippen LogP contribution >= 0.6 is 0 Å². The maximum atomic E-state index is 9.46. The van der Waals surface area contributed by atoms with Gasteiger partial charge in [0.05, 0.1) is 5.60 Å². The van der Waals surface area contributed by atoms with Crippen LogP contribution in [0, 0.1) is 5.92 Å². The van der Waals surface area contributed by atoms with Crippen molar-refractivity contribution in [1.82, 2.24) is 0 Å². The Bertz CT molecular complexity index is 125. The van der Waals surface area contributed by atoms with Crippen molar-refractivity contribution in [1.29, 1.82) is 0 Å². The van der Waals surface area contributed by atoms with Crippen LogP contribution in [0.25, 0.3) is 0 Å². The number of rotatable bonds is 0. The van der Waals surface area contributed by atoms with Gasteiger partial charge in [-0.1, -0.05) is 19.1 Å². The van der Waals surface area contributed by atoms with Crippen LogP contribution in [0.1, 0.15) is 26.7 Å². The SMILES string of the molecule is C[C@@H]1CC=CC(C)(O)C1.